The first-order chi connectivity index (χ1) is 9.00. The third-order valence-corrected chi connectivity index (χ3v) is 3.96. The summed E-state index contributed by atoms with van der Waals surface area (Å²) in [7, 11) is 0. The second-order valence-corrected chi connectivity index (χ2v) is 6.24. The van der Waals surface area contributed by atoms with Gasteiger partial charge >= 0.3 is 0 Å². The van der Waals surface area contributed by atoms with E-state index in [2.05, 4.69) is 26.1 Å². The van der Waals surface area contributed by atoms with Crippen LogP contribution >= 0.6 is 0 Å². The molecule has 1 aliphatic carbocycles. The topological polar surface area (TPSA) is 64.3 Å². The molecule has 0 saturated heterocycles. The molecule has 0 aromatic rings. The molecule has 19 heavy (non-hydrogen) atoms. The van der Waals surface area contributed by atoms with Crippen LogP contribution in [-0.2, 0) is 9.53 Å². The lowest BCUT2D eigenvalue weighted by atomic mass is 9.78. The number of nitrogens with two attached hydrogens (primary N) is 1. The number of rotatable bonds is 7. The summed E-state index contributed by atoms with van der Waals surface area (Å²) >= 11 is 0. The summed E-state index contributed by atoms with van der Waals surface area (Å²) in [6.07, 6.45) is 4.00. The Kier molecular flexibility index (Phi) is 7.39. The molecule has 0 aromatic carbocycles. The normalized spacial score (nSPS) is 27.5. The van der Waals surface area contributed by atoms with Crippen molar-refractivity contribution in [2.75, 3.05) is 19.8 Å². The maximum absolute atomic E-state index is 12.1. The van der Waals surface area contributed by atoms with E-state index in [1.54, 1.807) is 0 Å². The smallest absolute Gasteiger partial charge is 0.223 e. The summed E-state index contributed by atoms with van der Waals surface area (Å²) in [6.45, 7) is 8.49. The van der Waals surface area contributed by atoms with Gasteiger partial charge in [0.1, 0.15) is 0 Å². The van der Waals surface area contributed by atoms with E-state index in [0.29, 0.717) is 25.0 Å². The minimum Gasteiger partial charge on any atom is -0.380 e. The van der Waals surface area contributed by atoms with Crippen molar-refractivity contribution in [2.45, 2.75) is 52.5 Å². The maximum Gasteiger partial charge on any atom is 0.223 e. The molecule has 1 fully saturated rings. The number of nitrogens with one attached hydrogen (secondary N) is 1. The Balaban J connectivity index is 2.13. The minimum absolute atomic E-state index is 0.0828. The number of ether oxygens (including phenoxy) is 1. The molecule has 3 atom stereocenters. The number of amides is 1. The molecule has 1 amide bonds. The van der Waals surface area contributed by atoms with Gasteiger partial charge in [0, 0.05) is 25.1 Å². The van der Waals surface area contributed by atoms with Crippen molar-refractivity contribution in [1.82, 2.24) is 5.32 Å². The summed E-state index contributed by atoms with van der Waals surface area (Å²) in [6, 6.07) is 0.189. The van der Waals surface area contributed by atoms with Crippen LogP contribution in [-0.4, -0.2) is 31.7 Å². The molecule has 0 aromatic heterocycles. The van der Waals surface area contributed by atoms with Crippen molar-refractivity contribution in [2.24, 2.45) is 23.5 Å². The molecule has 0 heterocycles. The van der Waals surface area contributed by atoms with Crippen LogP contribution in [0.2, 0.25) is 0 Å². The number of hydrogen-bond acceptors (Lipinski definition) is 3. The standard InChI is InChI=1S/C15H30N2O2/c1-11(2)6-8-19-9-7-17-15(18)14-10-13(16)5-4-12(14)3/h11-14H,4-10,16H2,1-3H3,(H,17,18). The molecule has 1 aliphatic rings. The third kappa shape index (κ3) is 6.39. The summed E-state index contributed by atoms with van der Waals surface area (Å²) in [5, 5.41) is 2.97. The molecule has 0 radical (unpaired) electrons. The first kappa shape index (κ1) is 16.4. The van der Waals surface area contributed by atoms with Crippen molar-refractivity contribution < 1.29 is 9.53 Å². The highest BCUT2D eigenvalue weighted by molar-refractivity contribution is 5.79. The van der Waals surface area contributed by atoms with Gasteiger partial charge in [0.25, 0.3) is 0 Å². The minimum atomic E-state index is 0.0828. The van der Waals surface area contributed by atoms with E-state index >= 15 is 0 Å². The number of carbonyl (C=O) groups excluding carboxylic acids is 1. The molecular weight excluding hydrogens is 240 g/mol. The molecule has 0 aliphatic heterocycles. The Hall–Kier alpha value is -0.610. The Bertz CT molecular complexity index is 269. The van der Waals surface area contributed by atoms with Gasteiger partial charge in [-0.3, -0.25) is 4.79 Å². The van der Waals surface area contributed by atoms with Gasteiger partial charge in [-0.25, -0.2) is 0 Å². The molecule has 4 heteroatoms. The van der Waals surface area contributed by atoms with Crippen LogP contribution in [0.3, 0.4) is 0 Å². The fraction of sp³-hybridized carbons (Fsp3) is 0.933. The Labute approximate surface area is 117 Å². The largest absolute Gasteiger partial charge is 0.380 e. The summed E-state index contributed by atoms with van der Waals surface area (Å²) < 4.78 is 5.49. The predicted octanol–water partition coefficient (Wildman–Crippen LogP) is 1.93. The van der Waals surface area contributed by atoms with Crippen LogP contribution in [0, 0.1) is 17.8 Å². The first-order valence-corrected chi connectivity index (χ1v) is 7.61. The van der Waals surface area contributed by atoms with Crippen LogP contribution in [0.25, 0.3) is 0 Å². The van der Waals surface area contributed by atoms with Crippen LogP contribution in [0.5, 0.6) is 0 Å². The van der Waals surface area contributed by atoms with E-state index < -0.39 is 0 Å². The van der Waals surface area contributed by atoms with Crippen molar-refractivity contribution in [3.63, 3.8) is 0 Å². The van der Waals surface area contributed by atoms with Crippen LogP contribution < -0.4 is 11.1 Å². The average Bonchev–Trinajstić information content (AvgIpc) is 2.36. The molecule has 1 rings (SSSR count). The second-order valence-electron chi connectivity index (χ2n) is 6.24. The van der Waals surface area contributed by atoms with E-state index in [1.807, 2.05) is 0 Å². The van der Waals surface area contributed by atoms with Crippen molar-refractivity contribution in [1.29, 1.82) is 0 Å². The van der Waals surface area contributed by atoms with E-state index in [0.717, 1.165) is 32.3 Å². The highest BCUT2D eigenvalue weighted by Gasteiger charge is 2.30. The van der Waals surface area contributed by atoms with Crippen LogP contribution in [0.1, 0.15) is 46.5 Å². The lowest BCUT2D eigenvalue weighted by Crippen LogP contribution is -2.42. The van der Waals surface area contributed by atoms with Crippen LogP contribution in [0.4, 0.5) is 0 Å². The van der Waals surface area contributed by atoms with E-state index in [9.17, 15) is 4.79 Å². The van der Waals surface area contributed by atoms with Gasteiger partial charge in [0.05, 0.1) is 6.61 Å². The summed E-state index contributed by atoms with van der Waals surface area (Å²) in [5.41, 5.74) is 5.94. The Morgan fingerprint density at radius 1 is 1.37 bits per heavy atom. The zero-order valence-electron chi connectivity index (χ0n) is 12.7. The molecular formula is C15H30N2O2. The number of carbonyl (C=O) groups is 1. The van der Waals surface area contributed by atoms with Crippen molar-refractivity contribution >= 4 is 5.91 Å². The molecule has 1 saturated carbocycles. The highest BCUT2D eigenvalue weighted by atomic mass is 16.5. The van der Waals surface area contributed by atoms with E-state index in [4.69, 9.17) is 10.5 Å². The lowest BCUT2D eigenvalue weighted by molar-refractivity contribution is -0.128. The monoisotopic (exact) mass is 270 g/mol. The number of hydrogen-bond donors (Lipinski definition) is 2. The first-order valence-electron chi connectivity index (χ1n) is 7.61. The van der Waals surface area contributed by atoms with E-state index in [1.165, 1.54) is 0 Å². The van der Waals surface area contributed by atoms with Crippen molar-refractivity contribution in [3.05, 3.63) is 0 Å². The molecule has 3 unspecified atom stereocenters. The fourth-order valence-corrected chi connectivity index (χ4v) is 2.52. The van der Waals surface area contributed by atoms with Gasteiger partial charge in [-0.1, -0.05) is 20.8 Å². The maximum atomic E-state index is 12.1. The zero-order chi connectivity index (χ0) is 14.3. The van der Waals surface area contributed by atoms with Crippen LogP contribution in [0.15, 0.2) is 0 Å². The quantitative estimate of drug-likeness (QED) is 0.695. The molecule has 112 valence electrons. The summed E-state index contributed by atoms with van der Waals surface area (Å²) in [5.74, 6) is 1.34. The third-order valence-electron chi connectivity index (χ3n) is 3.96. The lowest BCUT2D eigenvalue weighted by Gasteiger charge is -2.31. The molecule has 0 spiro atoms. The van der Waals surface area contributed by atoms with Gasteiger partial charge < -0.3 is 15.8 Å². The molecule has 4 nitrogen and oxygen atoms in total. The molecule has 0 bridgehead atoms. The molecule has 3 N–H and O–H groups in total. The van der Waals surface area contributed by atoms with Gasteiger partial charge in [0.2, 0.25) is 5.91 Å². The average molecular weight is 270 g/mol. The Morgan fingerprint density at radius 3 is 2.79 bits per heavy atom. The predicted molar refractivity (Wildman–Crippen MR) is 77.8 cm³/mol. The van der Waals surface area contributed by atoms with Gasteiger partial charge in [-0.2, -0.15) is 0 Å². The fourth-order valence-electron chi connectivity index (χ4n) is 2.52. The van der Waals surface area contributed by atoms with Crippen molar-refractivity contribution in [3.8, 4) is 0 Å². The van der Waals surface area contributed by atoms with E-state index in [-0.39, 0.29) is 17.9 Å². The van der Waals surface area contributed by atoms with Gasteiger partial charge in [-0.15, -0.1) is 0 Å². The zero-order valence-corrected chi connectivity index (χ0v) is 12.7. The van der Waals surface area contributed by atoms with Gasteiger partial charge in [0.15, 0.2) is 0 Å². The summed E-state index contributed by atoms with van der Waals surface area (Å²) in [4.78, 5) is 12.1. The Morgan fingerprint density at radius 2 is 2.11 bits per heavy atom. The SMILES string of the molecule is CC(C)CCOCCNC(=O)C1CC(N)CCC1C. The van der Waals surface area contributed by atoms with Gasteiger partial charge in [-0.05, 0) is 37.5 Å². The highest BCUT2D eigenvalue weighted by Crippen LogP contribution is 2.28. The second kappa shape index (κ2) is 8.54.